The number of hydrogen-bond donors (Lipinski definition) is 0. The van der Waals surface area contributed by atoms with E-state index in [1.165, 1.54) is 24.3 Å². The van der Waals surface area contributed by atoms with Gasteiger partial charge in [0.25, 0.3) is 23.6 Å². The van der Waals surface area contributed by atoms with Gasteiger partial charge in [0, 0.05) is 24.3 Å². The van der Waals surface area contributed by atoms with Gasteiger partial charge in [-0.2, -0.15) is 0 Å². The summed E-state index contributed by atoms with van der Waals surface area (Å²) in [6.07, 6.45) is 7.37. The van der Waals surface area contributed by atoms with Crippen LogP contribution < -0.4 is 19.3 Å². The molecule has 0 aromatic heterocycles. The quantitative estimate of drug-likeness (QED) is 0.398. The Bertz CT molecular complexity index is 1110. The number of anilines is 2. The Morgan fingerprint density at radius 1 is 0.676 bits per heavy atom. The van der Waals surface area contributed by atoms with Gasteiger partial charge in [-0.25, -0.2) is 9.80 Å². The number of carbonyl (C=O) groups is 4. The van der Waals surface area contributed by atoms with Crippen molar-refractivity contribution >= 4 is 35.0 Å². The molecule has 2 aromatic carbocycles. The van der Waals surface area contributed by atoms with E-state index in [0.29, 0.717) is 29.5 Å². The smallest absolute Gasteiger partial charge is 0.258 e. The summed E-state index contributed by atoms with van der Waals surface area (Å²) < 4.78 is 11.8. The summed E-state index contributed by atoms with van der Waals surface area (Å²) in [6.45, 7) is 2.54. The summed E-state index contributed by atoms with van der Waals surface area (Å²) in [6, 6.07) is 13.7. The van der Waals surface area contributed by atoms with Crippen LogP contribution in [-0.4, -0.2) is 36.3 Å². The largest absolute Gasteiger partial charge is 0.494 e. The zero-order chi connectivity index (χ0) is 24.1. The molecule has 2 aromatic rings. The predicted molar refractivity (Wildman–Crippen MR) is 126 cm³/mol. The molecule has 174 valence electrons. The third kappa shape index (κ3) is 5.06. The lowest BCUT2D eigenvalue weighted by molar-refractivity contribution is -0.121. The molecule has 2 aliphatic rings. The molecular weight excluding hydrogens is 436 g/mol. The predicted octanol–water partition coefficient (Wildman–Crippen LogP) is 3.56. The average molecular weight is 460 g/mol. The van der Waals surface area contributed by atoms with Crippen LogP contribution in [0, 0.1) is 0 Å². The highest BCUT2D eigenvalue weighted by Crippen LogP contribution is 2.25. The van der Waals surface area contributed by atoms with E-state index in [0.717, 1.165) is 29.1 Å². The molecule has 8 heteroatoms. The molecule has 34 heavy (non-hydrogen) atoms. The minimum atomic E-state index is -0.353. The van der Waals surface area contributed by atoms with Crippen molar-refractivity contribution in [3.05, 3.63) is 72.8 Å². The third-order valence-corrected chi connectivity index (χ3v) is 5.51. The number of amides is 4. The highest BCUT2D eigenvalue weighted by molar-refractivity contribution is 6.28. The molecule has 1 atom stereocenters. The highest BCUT2D eigenvalue weighted by atomic mass is 16.5. The van der Waals surface area contributed by atoms with Gasteiger partial charge in [-0.15, -0.1) is 0 Å². The second-order valence-corrected chi connectivity index (χ2v) is 7.82. The van der Waals surface area contributed by atoms with Crippen molar-refractivity contribution < 1.29 is 28.7 Å². The van der Waals surface area contributed by atoms with Crippen molar-refractivity contribution in [3.8, 4) is 11.5 Å². The second-order valence-electron chi connectivity index (χ2n) is 7.82. The van der Waals surface area contributed by atoms with E-state index in [2.05, 4.69) is 0 Å². The average Bonchev–Trinajstić information content (AvgIpc) is 3.36. The van der Waals surface area contributed by atoms with Gasteiger partial charge in [0.05, 0.1) is 24.1 Å². The minimum Gasteiger partial charge on any atom is -0.494 e. The van der Waals surface area contributed by atoms with Crippen LogP contribution in [0.1, 0.15) is 26.2 Å². The van der Waals surface area contributed by atoms with E-state index in [1.54, 1.807) is 48.5 Å². The normalized spacial score (nSPS) is 16.0. The first-order chi connectivity index (χ1) is 16.5. The highest BCUT2D eigenvalue weighted by Gasteiger charge is 2.26. The minimum absolute atomic E-state index is 0.00626. The molecule has 0 bridgehead atoms. The maximum Gasteiger partial charge on any atom is 0.258 e. The molecular formula is C26H24N2O6. The summed E-state index contributed by atoms with van der Waals surface area (Å²) in [5.74, 6) is -0.0899. The van der Waals surface area contributed by atoms with Gasteiger partial charge in [-0.3, -0.25) is 19.2 Å². The maximum absolute atomic E-state index is 11.8. The third-order valence-electron chi connectivity index (χ3n) is 5.51. The van der Waals surface area contributed by atoms with Gasteiger partial charge >= 0.3 is 0 Å². The monoisotopic (exact) mass is 460 g/mol. The number of carbonyl (C=O) groups excluding carboxylic acids is 4. The van der Waals surface area contributed by atoms with Crippen LogP contribution in [0.3, 0.4) is 0 Å². The van der Waals surface area contributed by atoms with Crippen molar-refractivity contribution in [2.24, 2.45) is 0 Å². The summed E-state index contributed by atoms with van der Waals surface area (Å²) in [4.78, 5) is 49.3. The number of hydrogen-bond acceptors (Lipinski definition) is 6. The van der Waals surface area contributed by atoms with Crippen LogP contribution in [0.4, 0.5) is 11.4 Å². The first-order valence-corrected chi connectivity index (χ1v) is 11.1. The first kappa shape index (κ1) is 23.0. The van der Waals surface area contributed by atoms with Gasteiger partial charge in [0.2, 0.25) is 0 Å². The molecule has 0 N–H and O–H groups in total. The molecule has 8 nitrogen and oxygen atoms in total. The van der Waals surface area contributed by atoms with E-state index in [1.807, 2.05) is 6.92 Å². The SMILES string of the molecule is CCC(CCCOc1ccc(N2C(=O)C=CC2=O)cc1)Oc1ccc(N2C(=O)C=CC2=O)cc1. The van der Waals surface area contributed by atoms with Crippen molar-refractivity contribution in [2.45, 2.75) is 32.3 Å². The lowest BCUT2D eigenvalue weighted by atomic mass is 10.1. The summed E-state index contributed by atoms with van der Waals surface area (Å²) >= 11 is 0. The standard InChI is InChI=1S/C26H24N2O6/c1-2-20(34-22-11-7-19(8-12-22)28-25(31)15-16-26(28)32)4-3-17-33-21-9-5-18(6-10-21)27-23(29)13-14-24(27)30/h5-16,20H,2-4,17H2,1H3. The van der Waals surface area contributed by atoms with Crippen LogP contribution in [0.2, 0.25) is 0 Å². The Morgan fingerprint density at radius 2 is 1.12 bits per heavy atom. The fourth-order valence-corrected chi connectivity index (χ4v) is 3.71. The van der Waals surface area contributed by atoms with E-state index >= 15 is 0 Å². The molecule has 0 radical (unpaired) electrons. The molecule has 4 amide bonds. The molecule has 0 saturated heterocycles. The van der Waals surface area contributed by atoms with Crippen LogP contribution in [-0.2, 0) is 19.2 Å². The van der Waals surface area contributed by atoms with E-state index in [9.17, 15) is 19.2 Å². The molecule has 0 aliphatic carbocycles. The zero-order valence-electron chi connectivity index (χ0n) is 18.7. The van der Waals surface area contributed by atoms with E-state index < -0.39 is 0 Å². The fraction of sp³-hybridized carbons (Fsp3) is 0.231. The van der Waals surface area contributed by atoms with Gasteiger partial charge in [-0.05, 0) is 67.8 Å². The number of benzene rings is 2. The molecule has 0 spiro atoms. The zero-order valence-corrected chi connectivity index (χ0v) is 18.7. The number of nitrogens with zero attached hydrogens (tertiary/aromatic N) is 2. The maximum atomic E-state index is 11.8. The molecule has 1 unspecified atom stereocenters. The second kappa shape index (κ2) is 10.2. The fourth-order valence-electron chi connectivity index (χ4n) is 3.71. The Hall–Kier alpha value is -4.20. The Labute approximate surface area is 197 Å². The van der Waals surface area contributed by atoms with Crippen molar-refractivity contribution in [2.75, 3.05) is 16.4 Å². The number of ether oxygens (including phenoxy) is 2. The lowest BCUT2D eigenvalue weighted by Gasteiger charge is -2.19. The van der Waals surface area contributed by atoms with Crippen LogP contribution in [0.5, 0.6) is 11.5 Å². The summed E-state index contributed by atoms with van der Waals surface area (Å²) in [7, 11) is 0. The topological polar surface area (TPSA) is 93.2 Å². The Morgan fingerprint density at radius 3 is 1.56 bits per heavy atom. The van der Waals surface area contributed by atoms with Crippen LogP contribution in [0.25, 0.3) is 0 Å². The summed E-state index contributed by atoms with van der Waals surface area (Å²) in [5.41, 5.74) is 1.02. The van der Waals surface area contributed by atoms with E-state index in [4.69, 9.17) is 9.47 Å². The Balaban J connectivity index is 1.23. The molecule has 2 heterocycles. The Kier molecular flexibility index (Phi) is 6.87. The van der Waals surface area contributed by atoms with E-state index in [-0.39, 0.29) is 29.7 Å². The van der Waals surface area contributed by atoms with Gasteiger partial charge < -0.3 is 9.47 Å². The van der Waals surface area contributed by atoms with Crippen molar-refractivity contribution in [1.29, 1.82) is 0 Å². The molecule has 4 rings (SSSR count). The van der Waals surface area contributed by atoms with Crippen molar-refractivity contribution in [1.82, 2.24) is 0 Å². The van der Waals surface area contributed by atoms with Gasteiger partial charge in [-0.1, -0.05) is 6.92 Å². The molecule has 0 saturated carbocycles. The first-order valence-electron chi connectivity index (χ1n) is 11.1. The summed E-state index contributed by atoms with van der Waals surface area (Å²) in [5, 5.41) is 0. The van der Waals surface area contributed by atoms with Crippen LogP contribution >= 0.6 is 0 Å². The van der Waals surface area contributed by atoms with Crippen LogP contribution in [0.15, 0.2) is 72.8 Å². The lowest BCUT2D eigenvalue weighted by Crippen LogP contribution is -2.29. The van der Waals surface area contributed by atoms with Crippen molar-refractivity contribution in [3.63, 3.8) is 0 Å². The van der Waals surface area contributed by atoms with Gasteiger partial charge in [0.1, 0.15) is 11.5 Å². The number of rotatable bonds is 10. The molecule has 0 fully saturated rings. The van der Waals surface area contributed by atoms with Gasteiger partial charge in [0.15, 0.2) is 0 Å². The number of imide groups is 2. The molecule has 2 aliphatic heterocycles.